The molecule has 0 N–H and O–H groups in total. The van der Waals surface area contributed by atoms with Crippen LogP contribution in [0.2, 0.25) is 0 Å². The van der Waals surface area contributed by atoms with E-state index in [1.54, 1.807) is 14.2 Å². The molecule has 22 heavy (non-hydrogen) atoms. The summed E-state index contributed by atoms with van der Waals surface area (Å²) in [5.41, 5.74) is 0.829. The van der Waals surface area contributed by atoms with Crippen LogP contribution >= 0.6 is 0 Å². The summed E-state index contributed by atoms with van der Waals surface area (Å²) in [5, 5.41) is 0. The van der Waals surface area contributed by atoms with Gasteiger partial charge in [0.15, 0.2) is 5.79 Å². The van der Waals surface area contributed by atoms with E-state index in [4.69, 9.17) is 18.9 Å². The van der Waals surface area contributed by atoms with Crippen LogP contribution in [0.5, 0.6) is 11.5 Å². The second-order valence-electron chi connectivity index (χ2n) is 7.07. The van der Waals surface area contributed by atoms with Gasteiger partial charge in [0.2, 0.25) is 0 Å². The average molecular weight is 308 g/mol. The second kappa shape index (κ2) is 6.09. The van der Waals surface area contributed by atoms with Gasteiger partial charge in [0.25, 0.3) is 0 Å². The summed E-state index contributed by atoms with van der Waals surface area (Å²) in [7, 11) is 3.30. The van der Waals surface area contributed by atoms with Crippen molar-refractivity contribution in [1.82, 2.24) is 0 Å². The quantitative estimate of drug-likeness (QED) is 0.843. The van der Waals surface area contributed by atoms with Crippen molar-refractivity contribution < 1.29 is 18.9 Å². The Morgan fingerprint density at radius 1 is 1.14 bits per heavy atom. The summed E-state index contributed by atoms with van der Waals surface area (Å²) in [6.07, 6.45) is 0.0992. The minimum atomic E-state index is -0.843. The average Bonchev–Trinajstić information content (AvgIpc) is 2.49. The Labute approximate surface area is 133 Å². The van der Waals surface area contributed by atoms with Crippen molar-refractivity contribution in [2.75, 3.05) is 20.8 Å². The maximum Gasteiger partial charge on any atom is 0.195 e. The maximum absolute atomic E-state index is 6.42. The number of ether oxygens (including phenoxy) is 4. The van der Waals surface area contributed by atoms with E-state index in [1.165, 1.54) is 0 Å². The van der Waals surface area contributed by atoms with E-state index < -0.39 is 5.79 Å². The van der Waals surface area contributed by atoms with Crippen LogP contribution in [0.15, 0.2) is 18.2 Å². The van der Waals surface area contributed by atoms with Crippen molar-refractivity contribution in [3.05, 3.63) is 23.8 Å². The van der Waals surface area contributed by atoms with Crippen LogP contribution in [0.1, 0.15) is 40.2 Å². The van der Waals surface area contributed by atoms with E-state index in [0.717, 1.165) is 17.1 Å². The highest BCUT2D eigenvalue weighted by Crippen LogP contribution is 2.46. The van der Waals surface area contributed by atoms with Crippen LogP contribution in [0.25, 0.3) is 0 Å². The number of hydrogen-bond acceptors (Lipinski definition) is 4. The number of methoxy groups -OCH3 is 2. The molecule has 4 heteroatoms. The fraction of sp³-hybridized carbons (Fsp3) is 0.667. The Kier molecular flexibility index (Phi) is 4.73. The highest BCUT2D eigenvalue weighted by atomic mass is 16.7. The lowest BCUT2D eigenvalue weighted by Gasteiger charge is -2.49. The molecule has 1 aliphatic rings. The third-order valence-electron chi connectivity index (χ3n) is 4.34. The predicted molar refractivity (Wildman–Crippen MR) is 86.3 cm³/mol. The first-order chi connectivity index (χ1) is 10.2. The molecule has 0 aliphatic carbocycles. The van der Waals surface area contributed by atoms with Gasteiger partial charge in [0.1, 0.15) is 11.5 Å². The molecule has 0 amide bonds. The first kappa shape index (κ1) is 17.1. The monoisotopic (exact) mass is 308 g/mol. The Balaban J connectivity index is 2.42. The van der Waals surface area contributed by atoms with Crippen LogP contribution in [-0.4, -0.2) is 26.9 Å². The molecular formula is C18H28O4. The van der Waals surface area contributed by atoms with Gasteiger partial charge in [-0.2, -0.15) is 0 Å². The summed E-state index contributed by atoms with van der Waals surface area (Å²) < 4.78 is 23.4. The first-order valence-corrected chi connectivity index (χ1v) is 7.78. The zero-order chi connectivity index (χ0) is 16.5. The normalized spacial score (nSPS) is 27.7. The lowest BCUT2D eigenvalue weighted by atomic mass is 9.80. The molecule has 2 rings (SSSR count). The molecule has 2 atom stereocenters. The van der Waals surface area contributed by atoms with Crippen molar-refractivity contribution >= 4 is 0 Å². The number of rotatable bonds is 4. The molecule has 1 fully saturated rings. The minimum Gasteiger partial charge on any atom is -0.497 e. The molecule has 0 saturated carbocycles. The van der Waals surface area contributed by atoms with E-state index in [-0.39, 0.29) is 11.5 Å². The summed E-state index contributed by atoms with van der Waals surface area (Å²) in [4.78, 5) is 0. The number of hydrogen-bond donors (Lipinski definition) is 0. The zero-order valence-electron chi connectivity index (χ0n) is 14.7. The standard InChI is InChI=1S/C18H28O4/c1-12(2)16-17(3,4)11-21-18(5,22-16)14-10-13(19-6)8-9-15(14)20-7/h8-10,12,16H,11H2,1-7H3. The van der Waals surface area contributed by atoms with Crippen molar-refractivity contribution in [1.29, 1.82) is 0 Å². The van der Waals surface area contributed by atoms with E-state index in [0.29, 0.717) is 12.5 Å². The Morgan fingerprint density at radius 2 is 1.82 bits per heavy atom. The molecule has 0 radical (unpaired) electrons. The smallest absolute Gasteiger partial charge is 0.195 e. The SMILES string of the molecule is COc1ccc(OC)c(C2(C)OCC(C)(C)C(C(C)C)O2)c1. The van der Waals surface area contributed by atoms with Crippen molar-refractivity contribution in [2.24, 2.45) is 11.3 Å². The van der Waals surface area contributed by atoms with Gasteiger partial charge < -0.3 is 18.9 Å². The van der Waals surface area contributed by atoms with Crippen molar-refractivity contribution in [3.8, 4) is 11.5 Å². The largest absolute Gasteiger partial charge is 0.497 e. The van der Waals surface area contributed by atoms with Gasteiger partial charge in [-0.25, -0.2) is 0 Å². The van der Waals surface area contributed by atoms with Gasteiger partial charge >= 0.3 is 0 Å². The molecule has 1 heterocycles. The van der Waals surface area contributed by atoms with Gasteiger partial charge in [0.05, 0.1) is 32.5 Å². The fourth-order valence-corrected chi connectivity index (χ4v) is 3.19. The predicted octanol–water partition coefficient (Wildman–Crippen LogP) is 3.97. The topological polar surface area (TPSA) is 36.9 Å². The van der Waals surface area contributed by atoms with E-state index >= 15 is 0 Å². The van der Waals surface area contributed by atoms with E-state index in [2.05, 4.69) is 27.7 Å². The van der Waals surface area contributed by atoms with Gasteiger partial charge in [-0.05, 0) is 31.0 Å². The third-order valence-corrected chi connectivity index (χ3v) is 4.34. The van der Waals surface area contributed by atoms with Gasteiger partial charge in [-0.15, -0.1) is 0 Å². The minimum absolute atomic E-state index is 0.0280. The Bertz CT molecular complexity index is 524. The molecule has 1 aromatic rings. The zero-order valence-corrected chi connectivity index (χ0v) is 14.7. The van der Waals surface area contributed by atoms with Gasteiger partial charge in [0, 0.05) is 5.41 Å². The molecule has 2 unspecified atom stereocenters. The summed E-state index contributed by atoms with van der Waals surface area (Å²) in [6, 6.07) is 5.68. The molecule has 4 nitrogen and oxygen atoms in total. The second-order valence-corrected chi connectivity index (χ2v) is 7.07. The Morgan fingerprint density at radius 3 is 2.36 bits per heavy atom. The lowest BCUT2D eigenvalue weighted by molar-refractivity contribution is -0.337. The summed E-state index contributed by atoms with van der Waals surface area (Å²) in [5.74, 6) is 1.06. The highest BCUT2D eigenvalue weighted by Gasteiger charge is 2.47. The van der Waals surface area contributed by atoms with Gasteiger partial charge in [-0.1, -0.05) is 27.7 Å². The lowest BCUT2D eigenvalue weighted by Crippen LogP contribution is -2.52. The summed E-state index contributed by atoms with van der Waals surface area (Å²) in [6.45, 7) is 11.3. The van der Waals surface area contributed by atoms with E-state index in [9.17, 15) is 0 Å². The fourth-order valence-electron chi connectivity index (χ4n) is 3.19. The molecular weight excluding hydrogens is 280 g/mol. The van der Waals surface area contributed by atoms with Crippen molar-refractivity contribution in [3.63, 3.8) is 0 Å². The van der Waals surface area contributed by atoms with Gasteiger partial charge in [-0.3, -0.25) is 0 Å². The molecule has 0 aromatic heterocycles. The molecule has 1 aliphatic heterocycles. The summed E-state index contributed by atoms with van der Waals surface area (Å²) >= 11 is 0. The van der Waals surface area contributed by atoms with E-state index in [1.807, 2.05) is 25.1 Å². The molecule has 0 bridgehead atoms. The molecule has 0 spiro atoms. The third kappa shape index (κ3) is 3.08. The molecule has 124 valence electrons. The molecule has 1 saturated heterocycles. The Hall–Kier alpha value is -1.26. The highest BCUT2D eigenvalue weighted by molar-refractivity contribution is 5.43. The number of benzene rings is 1. The molecule has 1 aromatic carbocycles. The van der Waals surface area contributed by atoms with Crippen LogP contribution in [0.3, 0.4) is 0 Å². The van der Waals surface area contributed by atoms with Crippen LogP contribution in [0, 0.1) is 11.3 Å². The van der Waals surface area contributed by atoms with Crippen LogP contribution in [-0.2, 0) is 15.3 Å². The maximum atomic E-state index is 6.42. The van der Waals surface area contributed by atoms with Crippen LogP contribution in [0.4, 0.5) is 0 Å². The van der Waals surface area contributed by atoms with Crippen LogP contribution < -0.4 is 9.47 Å². The van der Waals surface area contributed by atoms with Crippen molar-refractivity contribution in [2.45, 2.75) is 46.5 Å². The first-order valence-electron chi connectivity index (χ1n) is 7.78.